The van der Waals surface area contributed by atoms with Crippen LogP contribution in [0.5, 0.6) is 17.2 Å². The Morgan fingerprint density at radius 3 is 2.42 bits per heavy atom. The molecule has 0 aliphatic carbocycles. The molecule has 0 bridgehead atoms. The molecule has 0 aliphatic heterocycles. The predicted molar refractivity (Wildman–Crippen MR) is 92.3 cm³/mol. The van der Waals surface area contributed by atoms with Crippen LogP contribution in [0.25, 0.3) is 0 Å². The Morgan fingerprint density at radius 1 is 1.08 bits per heavy atom. The van der Waals surface area contributed by atoms with E-state index in [2.05, 4.69) is 10.3 Å². The van der Waals surface area contributed by atoms with Gasteiger partial charge in [-0.05, 0) is 30.2 Å². The number of hydrogen-bond acceptors (Lipinski definition) is 5. The summed E-state index contributed by atoms with van der Waals surface area (Å²) in [6, 6.07) is 6.96. The van der Waals surface area contributed by atoms with Crippen molar-refractivity contribution < 1.29 is 19.0 Å². The molecule has 0 saturated carbocycles. The van der Waals surface area contributed by atoms with Crippen LogP contribution in [0, 0.1) is 0 Å². The van der Waals surface area contributed by atoms with E-state index in [4.69, 9.17) is 25.8 Å². The first-order valence-corrected chi connectivity index (χ1v) is 7.66. The number of ether oxygens (including phenoxy) is 3. The highest BCUT2D eigenvalue weighted by atomic mass is 35.5. The summed E-state index contributed by atoms with van der Waals surface area (Å²) >= 11 is 5.76. The standard InChI is InChI=1S/C17H19ClN2O4/c1-22-13-7-4-11(16(23-2)17(13)24-3)5-9-15(21)20-14-8-6-12(18)10-19-14/h4,6-8,10H,5,9H2,1-3H3,(H,19,20,21). The highest BCUT2D eigenvalue weighted by Gasteiger charge is 2.16. The van der Waals surface area contributed by atoms with Crippen molar-refractivity contribution in [2.75, 3.05) is 26.6 Å². The molecule has 0 spiro atoms. The molecule has 1 N–H and O–H groups in total. The van der Waals surface area contributed by atoms with E-state index in [1.165, 1.54) is 6.20 Å². The highest BCUT2D eigenvalue weighted by Crippen LogP contribution is 2.40. The van der Waals surface area contributed by atoms with Crippen LogP contribution >= 0.6 is 11.6 Å². The summed E-state index contributed by atoms with van der Waals surface area (Å²) in [7, 11) is 4.66. The molecule has 1 aromatic carbocycles. The molecule has 1 heterocycles. The zero-order valence-corrected chi connectivity index (χ0v) is 14.5. The third kappa shape index (κ3) is 4.29. The van der Waals surface area contributed by atoms with Crippen molar-refractivity contribution >= 4 is 23.3 Å². The predicted octanol–water partition coefficient (Wildman–Crippen LogP) is 3.33. The maximum Gasteiger partial charge on any atom is 0.225 e. The quantitative estimate of drug-likeness (QED) is 0.829. The molecule has 0 unspecified atom stereocenters. The molecule has 0 radical (unpaired) electrons. The maximum atomic E-state index is 12.1. The number of carbonyl (C=O) groups is 1. The minimum atomic E-state index is -0.151. The molecule has 2 aromatic rings. The van der Waals surface area contributed by atoms with Gasteiger partial charge in [0.1, 0.15) is 5.82 Å². The minimum Gasteiger partial charge on any atom is -0.493 e. The number of rotatable bonds is 7. The molecule has 24 heavy (non-hydrogen) atoms. The molecule has 7 heteroatoms. The summed E-state index contributed by atoms with van der Waals surface area (Å²) in [5, 5.41) is 3.24. The number of hydrogen-bond donors (Lipinski definition) is 1. The Kier molecular flexibility index (Phi) is 6.26. The number of aryl methyl sites for hydroxylation is 1. The van der Waals surface area contributed by atoms with Gasteiger partial charge < -0.3 is 19.5 Å². The van der Waals surface area contributed by atoms with Gasteiger partial charge in [0.05, 0.1) is 26.4 Å². The fourth-order valence-electron chi connectivity index (χ4n) is 2.26. The molecule has 1 aromatic heterocycles. The average molecular weight is 351 g/mol. The second-order valence-corrected chi connectivity index (χ2v) is 5.34. The van der Waals surface area contributed by atoms with Crippen LogP contribution in [0.3, 0.4) is 0 Å². The van der Waals surface area contributed by atoms with Crippen molar-refractivity contribution in [3.63, 3.8) is 0 Å². The first kappa shape index (κ1) is 17.9. The van der Waals surface area contributed by atoms with Crippen molar-refractivity contribution in [3.05, 3.63) is 41.0 Å². The number of nitrogens with zero attached hydrogens (tertiary/aromatic N) is 1. The number of amides is 1. The Hall–Kier alpha value is -2.47. The molecule has 0 fully saturated rings. The van der Waals surface area contributed by atoms with E-state index >= 15 is 0 Å². The van der Waals surface area contributed by atoms with Crippen LogP contribution in [-0.4, -0.2) is 32.2 Å². The van der Waals surface area contributed by atoms with Crippen LogP contribution < -0.4 is 19.5 Å². The van der Waals surface area contributed by atoms with Gasteiger partial charge in [0.15, 0.2) is 11.5 Å². The van der Waals surface area contributed by atoms with Crippen molar-refractivity contribution in [1.82, 2.24) is 4.98 Å². The van der Waals surface area contributed by atoms with Crippen molar-refractivity contribution in [1.29, 1.82) is 0 Å². The number of carbonyl (C=O) groups excluding carboxylic acids is 1. The number of nitrogens with one attached hydrogen (secondary N) is 1. The normalized spacial score (nSPS) is 10.2. The lowest BCUT2D eigenvalue weighted by atomic mass is 10.1. The summed E-state index contributed by atoms with van der Waals surface area (Å²) in [5.41, 5.74) is 0.856. The second kappa shape index (κ2) is 8.40. The molecule has 2 rings (SSSR count). The lowest BCUT2D eigenvalue weighted by molar-refractivity contribution is -0.116. The van der Waals surface area contributed by atoms with Gasteiger partial charge in [-0.25, -0.2) is 4.98 Å². The number of benzene rings is 1. The van der Waals surface area contributed by atoms with E-state index in [9.17, 15) is 4.79 Å². The SMILES string of the molecule is COc1ccc(CCC(=O)Nc2ccc(Cl)cn2)c(OC)c1OC. The number of anilines is 1. The monoisotopic (exact) mass is 350 g/mol. The zero-order valence-electron chi connectivity index (χ0n) is 13.8. The largest absolute Gasteiger partial charge is 0.493 e. The third-order valence-electron chi connectivity index (χ3n) is 3.40. The topological polar surface area (TPSA) is 69.7 Å². The second-order valence-electron chi connectivity index (χ2n) is 4.90. The van der Waals surface area contributed by atoms with Crippen LogP contribution in [-0.2, 0) is 11.2 Å². The lowest BCUT2D eigenvalue weighted by Crippen LogP contribution is -2.13. The van der Waals surface area contributed by atoms with Gasteiger partial charge in [0.2, 0.25) is 11.7 Å². The van der Waals surface area contributed by atoms with Gasteiger partial charge in [-0.3, -0.25) is 4.79 Å². The van der Waals surface area contributed by atoms with E-state index in [-0.39, 0.29) is 12.3 Å². The maximum absolute atomic E-state index is 12.1. The smallest absolute Gasteiger partial charge is 0.225 e. The number of halogens is 1. The van der Waals surface area contributed by atoms with E-state index < -0.39 is 0 Å². The van der Waals surface area contributed by atoms with E-state index in [1.54, 1.807) is 39.5 Å². The Labute approximate surface area is 145 Å². The molecular formula is C17H19ClN2O4. The number of aromatic nitrogens is 1. The molecule has 0 atom stereocenters. The number of methoxy groups -OCH3 is 3. The minimum absolute atomic E-state index is 0.151. The van der Waals surface area contributed by atoms with Gasteiger partial charge in [-0.1, -0.05) is 17.7 Å². The summed E-state index contributed by atoms with van der Waals surface area (Å²) < 4.78 is 16.0. The summed E-state index contributed by atoms with van der Waals surface area (Å²) in [5.74, 6) is 1.96. The van der Waals surface area contributed by atoms with Gasteiger partial charge >= 0.3 is 0 Å². The zero-order chi connectivity index (χ0) is 17.5. The molecule has 0 aliphatic rings. The summed E-state index contributed by atoms with van der Waals surface area (Å²) in [6.07, 6.45) is 2.24. The highest BCUT2D eigenvalue weighted by molar-refractivity contribution is 6.30. The van der Waals surface area contributed by atoms with Gasteiger partial charge in [0.25, 0.3) is 0 Å². The van der Waals surface area contributed by atoms with Gasteiger partial charge in [0, 0.05) is 12.6 Å². The Balaban J connectivity index is 2.05. The first-order valence-electron chi connectivity index (χ1n) is 7.28. The van der Waals surface area contributed by atoms with Crippen LogP contribution in [0.4, 0.5) is 5.82 Å². The molecule has 0 saturated heterocycles. The fourth-order valence-corrected chi connectivity index (χ4v) is 2.38. The third-order valence-corrected chi connectivity index (χ3v) is 3.63. The van der Waals surface area contributed by atoms with Crippen LogP contribution in [0.2, 0.25) is 5.02 Å². The van der Waals surface area contributed by atoms with Crippen LogP contribution in [0.15, 0.2) is 30.5 Å². The van der Waals surface area contributed by atoms with E-state index in [0.717, 1.165) is 5.56 Å². The fraction of sp³-hybridized carbons (Fsp3) is 0.294. The van der Waals surface area contributed by atoms with Crippen LogP contribution in [0.1, 0.15) is 12.0 Å². The van der Waals surface area contributed by atoms with Crippen molar-refractivity contribution in [2.45, 2.75) is 12.8 Å². The lowest BCUT2D eigenvalue weighted by Gasteiger charge is -2.15. The van der Waals surface area contributed by atoms with Gasteiger partial charge in [-0.15, -0.1) is 0 Å². The van der Waals surface area contributed by atoms with E-state index in [0.29, 0.717) is 34.5 Å². The average Bonchev–Trinajstić information content (AvgIpc) is 2.60. The van der Waals surface area contributed by atoms with Gasteiger partial charge in [-0.2, -0.15) is 0 Å². The Bertz CT molecular complexity index is 704. The van der Waals surface area contributed by atoms with E-state index in [1.807, 2.05) is 6.07 Å². The number of pyridine rings is 1. The first-order chi connectivity index (χ1) is 11.6. The summed E-state index contributed by atoms with van der Waals surface area (Å²) in [4.78, 5) is 16.1. The summed E-state index contributed by atoms with van der Waals surface area (Å²) in [6.45, 7) is 0. The molecule has 1 amide bonds. The van der Waals surface area contributed by atoms with Crippen molar-refractivity contribution in [2.24, 2.45) is 0 Å². The molecule has 6 nitrogen and oxygen atoms in total. The molecular weight excluding hydrogens is 332 g/mol. The van der Waals surface area contributed by atoms with Crippen molar-refractivity contribution in [3.8, 4) is 17.2 Å². The molecule has 128 valence electrons. The Morgan fingerprint density at radius 2 is 1.83 bits per heavy atom.